The van der Waals surface area contributed by atoms with Crippen LogP contribution >= 0.6 is 15.9 Å². The molecule has 0 saturated heterocycles. The summed E-state index contributed by atoms with van der Waals surface area (Å²) in [5.74, 6) is 0. The molecule has 1 nitrogen and oxygen atoms in total. The highest BCUT2D eigenvalue weighted by Gasteiger charge is 2.11. The normalized spacial score (nSPS) is 12.4. The van der Waals surface area contributed by atoms with E-state index >= 15 is 0 Å². The fourth-order valence-corrected chi connectivity index (χ4v) is 2.72. The standard InChI is InChI=1S/C16H17BrO/c1-3-12-5-4-6-13(9-12)16(18)14-7-11(2)8-15(17)10-14/h4-10,16,18H,3H2,1-2H3. The molecule has 1 unspecified atom stereocenters. The highest BCUT2D eigenvalue weighted by molar-refractivity contribution is 9.10. The Balaban J connectivity index is 2.37. The molecule has 0 amide bonds. The molecule has 94 valence electrons. The zero-order valence-electron chi connectivity index (χ0n) is 10.7. The van der Waals surface area contributed by atoms with Crippen LogP contribution in [0.2, 0.25) is 0 Å². The molecule has 2 rings (SSSR count). The lowest BCUT2D eigenvalue weighted by Gasteiger charge is -2.14. The van der Waals surface area contributed by atoms with Gasteiger partial charge in [0.2, 0.25) is 0 Å². The molecule has 0 bridgehead atoms. The molecule has 1 N–H and O–H groups in total. The maximum Gasteiger partial charge on any atom is 0.104 e. The summed E-state index contributed by atoms with van der Waals surface area (Å²) in [4.78, 5) is 0. The number of hydrogen-bond donors (Lipinski definition) is 1. The Hall–Kier alpha value is -1.12. The number of halogens is 1. The molecule has 0 fully saturated rings. The van der Waals surface area contributed by atoms with E-state index in [0.29, 0.717) is 0 Å². The van der Waals surface area contributed by atoms with Crippen LogP contribution in [-0.4, -0.2) is 5.11 Å². The molecule has 2 aromatic rings. The van der Waals surface area contributed by atoms with Gasteiger partial charge in [-0.15, -0.1) is 0 Å². The summed E-state index contributed by atoms with van der Waals surface area (Å²) in [6.45, 7) is 4.15. The summed E-state index contributed by atoms with van der Waals surface area (Å²) in [6, 6.07) is 14.2. The molecular formula is C16H17BrO. The van der Waals surface area contributed by atoms with E-state index in [2.05, 4.69) is 35.0 Å². The SMILES string of the molecule is CCc1cccc(C(O)c2cc(C)cc(Br)c2)c1. The lowest BCUT2D eigenvalue weighted by atomic mass is 9.98. The van der Waals surface area contributed by atoms with Crippen molar-refractivity contribution in [2.24, 2.45) is 0 Å². The Kier molecular flexibility index (Phi) is 4.20. The molecule has 1 atom stereocenters. The number of hydrogen-bond acceptors (Lipinski definition) is 1. The summed E-state index contributed by atoms with van der Waals surface area (Å²) in [7, 11) is 0. The summed E-state index contributed by atoms with van der Waals surface area (Å²) in [5.41, 5.74) is 4.27. The lowest BCUT2D eigenvalue weighted by molar-refractivity contribution is 0.220. The average molecular weight is 305 g/mol. The van der Waals surface area contributed by atoms with Gasteiger partial charge in [-0.3, -0.25) is 0 Å². The van der Waals surface area contributed by atoms with Crippen LogP contribution in [0.4, 0.5) is 0 Å². The molecule has 0 heterocycles. The van der Waals surface area contributed by atoms with Crippen LogP contribution in [0.5, 0.6) is 0 Å². The quantitative estimate of drug-likeness (QED) is 0.891. The molecule has 0 aliphatic rings. The van der Waals surface area contributed by atoms with Crippen molar-refractivity contribution in [1.82, 2.24) is 0 Å². The van der Waals surface area contributed by atoms with E-state index < -0.39 is 6.10 Å². The summed E-state index contributed by atoms with van der Waals surface area (Å²) in [5, 5.41) is 10.4. The van der Waals surface area contributed by atoms with Crippen molar-refractivity contribution in [2.45, 2.75) is 26.4 Å². The summed E-state index contributed by atoms with van der Waals surface area (Å²) >= 11 is 3.47. The van der Waals surface area contributed by atoms with Crippen molar-refractivity contribution < 1.29 is 5.11 Å². The Morgan fingerprint density at radius 2 is 1.89 bits per heavy atom. The van der Waals surface area contributed by atoms with Crippen LogP contribution < -0.4 is 0 Å². The van der Waals surface area contributed by atoms with E-state index in [1.54, 1.807) is 0 Å². The van der Waals surface area contributed by atoms with E-state index in [9.17, 15) is 5.11 Å². The minimum absolute atomic E-state index is 0.562. The predicted molar refractivity (Wildman–Crippen MR) is 78.8 cm³/mol. The van der Waals surface area contributed by atoms with Crippen molar-refractivity contribution in [2.75, 3.05) is 0 Å². The largest absolute Gasteiger partial charge is 0.384 e. The van der Waals surface area contributed by atoms with E-state index in [1.165, 1.54) is 5.56 Å². The van der Waals surface area contributed by atoms with Crippen molar-refractivity contribution in [1.29, 1.82) is 0 Å². The number of aryl methyl sites for hydroxylation is 2. The van der Waals surface area contributed by atoms with Gasteiger partial charge in [0.25, 0.3) is 0 Å². The van der Waals surface area contributed by atoms with Crippen molar-refractivity contribution in [3.8, 4) is 0 Å². The minimum Gasteiger partial charge on any atom is -0.384 e. The molecule has 0 saturated carbocycles. The lowest BCUT2D eigenvalue weighted by Crippen LogP contribution is -2.01. The summed E-state index contributed by atoms with van der Waals surface area (Å²) in [6.07, 6.45) is 0.422. The fraction of sp³-hybridized carbons (Fsp3) is 0.250. The van der Waals surface area contributed by atoms with Crippen molar-refractivity contribution in [3.05, 3.63) is 69.2 Å². The van der Waals surface area contributed by atoms with E-state index in [4.69, 9.17) is 0 Å². The second kappa shape index (κ2) is 5.68. The van der Waals surface area contributed by atoms with Crippen molar-refractivity contribution in [3.63, 3.8) is 0 Å². The molecular weight excluding hydrogens is 288 g/mol. The third kappa shape index (κ3) is 3.01. The van der Waals surface area contributed by atoms with Gasteiger partial charge in [0.15, 0.2) is 0 Å². The first-order chi connectivity index (χ1) is 8.60. The van der Waals surface area contributed by atoms with Gasteiger partial charge < -0.3 is 5.11 Å². The van der Waals surface area contributed by atoms with Crippen LogP contribution in [0.25, 0.3) is 0 Å². The smallest absolute Gasteiger partial charge is 0.104 e. The van der Waals surface area contributed by atoms with Gasteiger partial charge in [-0.25, -0.2) is 0 Å². The molecule has 0 aromatic heterocycles. The van der Waals surface area contributed by atoms with E-state index in [1.807, 2.05) is 37.3 Å². The maximum atomic E-state index is 10.4. The van der Waals surface area contributed by atoms with Gasteiger partial charge in [-0.2, -0.15) is 0 Å². The Bertz CT molecular complexity index is 528. The topological polar surface area (TPSA) is 20.2 Å². The van der Waals surface area contributed by atoms with Crippen molar-refractivity contribution >= 4 is 15.9 Å². The predicted octanol–water partition coefficient (Wildman–Crippen LogP) is 4.40. The number of rotatable bonds is 3. The number of benzene rings is 2. The van der Waals surface area contributed by atoms with Gasteiger partial charge in [-0.1, -0.05) is 53.2 Å². The highest BCUT2D eigenvalue weighted by Crippen LogP contribution is 2.26. The molecule has 0 spiro atoms. The average Bonchev–Trinajstić information content (AvgIpc) is 2.37. The highest BCUT2D eigenvalue weighted by atomic mass is 79.9. The Labute approximate surface area is 117 Å². The van der Waals surface area contributed by atoms with Gasteiger partial charge in [-0.05, 0) is 47.7 Å². The zero-order chi connectivity index (χ0) is 13.1. The van der Waals surface area contributed by atoms with E-state index in [-0.39, 0.29) is 0 Å². The maximum absolute atomic E-state index is 10.4. The first-order valence-electron chi connectivity index (χ1n) is 6.14. The van der Waals surface area contributed by atoms with Gasteiger partial charge in [0.05, 0.1) is 0 Å². The second-order valence-corrected chi connectivity index (χ2v) is 5.48. The first kappa shape index (κ1) is 13.3. The van der Waals surface area contributed by atoms with Crippen LogP contribution in [0, 0.1) is 6.92 Å². The second-order valence-electron chi connectivity index (χ2n) is 4.56. The number of aliphatic hydroxyl groups excluding tert-OH is 1. The third-order valence-electron chi connectivity index (χ3n) is 3.06. The van der Waals surface area contributed by atoms with E-state index in [0.717, 1.165) is 27.6 Å². The van der Waals surface area contributed by atoms with Crippen LogP contribution in [-0.2, 0) is 6.42 Å². The third-order valence-corrected chi connectivity index (χ3v) is 3.51. The molecule has 2 aromatic carbocycles. The molecule has 0 aliphatic carbocycles. The van der Waals surface area contributed by atoms with Gasteiger partial charge in [0, 0.05) is 4.47 Å². The monoisotopic (exact) mass is 304 g/mol. The van der Waals surface area contributed by atoms with Gasteiger partial charge in [0.1, 0.15) is 6.10 Å². The Morgan fingerprint density at radius 1 is 1.11 bits per heavy atom. The summed E-state index contributed by atoms with van der Waals surface area (Å²) < 4.78 is 1.00. The van der Waals surface area contributed by atoms with Gasteiger partial charge >= 0.3 is 0 Å². The number of aliphatic hydroxyl groups is 1. The van der Waals surface area contributed by atoms with Crippen LogP contribution in [0.15, 0.2) is 46.9 Å². The molecule has 0 radical (unpaired) electrons. The zero-order valence-corrected chi connectivity index (χ0v) is 12.2. The molecule has 18 heavy (non-hydrogen) atoms. The first-order valence-corrected chi connectivity index (χ1v) is 6.93. The molecule has 2 heteroatoms. The fourth-order valence-electron chi connectivity index (χ4n) is 2.10. The van der Waals surface area contributed by atoms with Crippen LogP contribution in [0.1, 0.15) is 35.3 Å². The Morgan fingerprint density at radius 3 is 2.56 bits per heavy atom. The van der Waals surface area contributed by atoms with Crippen LogP contribution in [0.3, 0.4) is 0 Å². The molecule has 0 aliphatic heterocycles. The minimum atomic E-state index is -0.562.